The molecule has 1 aliphatic heterocycles. The lowest BCUT2D eigenvalue weighted by Gasteiger charge is -2.39. The van der Waals surface area contributed by atoms with E-state index >= 15 is 0 Å². The van der Waals surface area contributed by atoms with E-state index in [2.05, 4.69) is 53.4 Å². The molecule has 8 heteroatoms. The quantitative estimate of drug-likeness (QED) is 0.173. The van der Waals surface area contributed by atoms with Gasteiger partial charge in [0.05, 0.1) is 28.4 Å². The average molecular weight is 581 g/mol. The number of piperazine rings is 1. The van der Waals surface area contributed by atoms with Gasteiger partial charge >= 0.3 is 0 Å². The van der Waals surface area contributed by atoms with Crippen LogP contribution in [0.15, 0.2) is 119 Å². The van der Waals surface area contributed by atoms with E-state index in [1.807, 2.05) is 41.3 Å². The van der Waals surface area contributed by atoms with Gasteiger partial charge in [-0.15, -0.1) is 0 Å². The zero-order valence-electron chi connectivity index (χ0n) is 22.4. The van der Waals surface area contributed by atoms with Crippen molar-refractivity contribution in [2.75, 3.05) is 31.9 Å². The van der Waals surface area contributed by atoms with Crippen molar-refractivity contribution in [3.63, 3.8) is 0 Å². The van der Waals surface area contributed by atoms with Gasteiger partial charge < -0.3 is 4.90 Å². The third-order valence-electron chi connectivity index (χ3n) is 7.40. The number of para-hydroxylation sites is 1. The largest absolute Gasteiger partial charge is 0.339 e. The molecule has 0 aliphatic carbocycles. The summed E-state index contributed by atoms with van der Waals surface area (Å²) in [7, 11) is 0. The molecule has 6 rings (SSSR count). The lowest BCUT2D eigenvalue weighted by atomic mass is 9.96. The Kier molecular flexibility index (Phi) is 8.19. The number of carbonyl (C=O) groups excluding carboxylic acids is 1. The molecule has 0 atom stereocenters. The second kappa shape index (κ2) is 12.3. The number of nitrogens with zero attached hydrogens (tertiary/aromatic N) is 4. The Balaban J connectivity index is 1.19. The van der Waals surface area contributed by atoms with Crippen LogP contribution in [0.1, 0.15) is 17.2 Å². The van der Waals surface area contributed by atoms with Crippen LogP contribution in [0, 0.1) is 0 Å². The minimum atomic E-state index is -0.186. The van der Waals surface area contributed by atoms with Gasteiger partial charge in [-0.2, -0.15) is 0 Å². The monoisotopic (exact) mass is 580 g/mol. The Labute approximate surface area is 248 Å². The molecule has 1 aromatic heterocycles. The van der Waals surface area contributed by atoms with Crippen LogP contribution in [-0.2, 0) is 4.79 Å². The molecule has 0 spiro atoms. The lowest BCUT2D eigenvalue weighted by Crippen LogP contribution is -2.50. The Bertz CT molecular complexity index is 1680. The van der Waals surface area contributed by atoms with Crippen LogP contribution in [-0.4, -0.2) is 57.2 Å². The molecule has 0 unspecified atom stereocenters. The summed E-state index contributed by atoms with van der Waals surface area (Å²) in [5.41, 5.74) is 3.53. The smallest absolute Gasteiger partial charge is 0.266 e. The number of aromatic nitrogens is 2. The van der Waals surface area contributed by atoms with Crippen LogP contribution < -0.4 is 5.56 Å². The van der Waals surface area contributed by atoms with E-state index in [1.54, 1.807) is 28.8 Å². The maximum absolute atomic E-state index is 13.5. The summed E-state index contributed by atoms with van der Waals surface area (Å²) >= 11 is 7.53. The number of benzene rings is 4. The van der Waals surface area contributed by atoms with Gasteiger partial charge in [-0.3, -0.25) is 19.1 Å². The highest BCUT2D eigenvalue weighted by Crippen LogP contribution is 2.30. The van der Waals surface area contributed by atoms with Gasteiger partial charge in [0.1, 0.15) is 0 Å². The molecule has 0 radical (unpaired) electrons. The minimum Gasteiger partial charge on any atom is -0.339 e. The van der Waals surface area contributed by atoms with Crippen LogP contribution in [0.3, 0.4) is 0 Å². The molecule has 5 aromatic rings. The van der Waals surface area contributed by atoms with Crippen LogP contribution in [0.4, 0.5) is 0 Å². The Morgan fingerprint density at radius 1 is 0.805 bits per heavy atom. The fourth-order valence-electron chi connectivity index (χ4n) is 5.38. The standard InChI is InChI=1S/C33H29ClN4O2S/c34-26-14-9-15-27(22-26)38-32(40)28-16-7-8-17-29(28)35-33(38)41-23-30(39)36-18-20-37(21-19-36)31(24-10-3-1-4-11-24)25-12-5-2-6-13-25/h1-17,22,31H,18-21,23H2. The SMILES string of the molecule is O=C(CSc1nc2ccccc2c(=O)n1-c1cccc(Cl)c1)N1CCN(C(c2ccccc2)c2ccccc2)CC1. The Hall–Kier alpha value is -3.91. The third kappa shape index (κ3) is 5.93. The number of carbonyl (C=O) groups is 1. The molecule has 0 bridgehead atoms. The predicted molar refractivity (Wildman–Crippen MR) is 166 cm³/mol. The number of amides is 1. The van der Waals surface area contributed by atoms with Crippen molar-refractivity contribution < 1.29 is 4.79 Å². The minimum absolute atomic E-state index is 0.0330. The van der Waals surface area contributed by atoms with Gasteiger partial charge in [0, 0.05) is 31.2 Å². The van der Waals surface area contributed by atoms with Gasteiger partial charge in [-0.1, -0.05) is 102 Å². The van der Waals surface area contributed by atoms with Crippen LogP contribution in [0.25, 0.3) is 16.6 Å². The van der Waals surface area contributed by atoms with Crippen LogP contribution in [0.5, 0.6) is 0 Å². The zero-order valence-corrected chi connectivity index (χ0v) is 24.0. The van der Waals surface area contributed by atoms with E-state index in [1.165, 1.54) is 22.9 Å². The van der Waals surface area contributed by atoms with Gasteiger partial charge in [-0.25, -0.2) is 4.98 Å². The van der Waals surface area contributed by atoms with Crippen molar-refractivity contribution in [2.24, 2.45) is 0 Å². The highest BCUT2D eigenvalue weighted by molar-refractivity contribution is 7.99. The van der Waals surface area contributed by atoms with Gasteiger partial charge in [-0.05, 0) is 41.5 Å². The van der Waals surface area contributed by atoms with Crippen LogP contribution >= 0.6 is 23.4 Å². The molecular formula is C33H29ClN4O2S. The zero-order chi connectivity index (χ0) is 28.2. The molecule has 1 amide bonds. The topological polar surface area (TPSA) is 58.4 Å². The average Bonchev–Trinajstić information content (AvgIpc) is 3.01. The molecule has 1 fully saturated rings. The molecule has 1 saturated heterocycles. The fourth-order valence-corrected chi connectivity index (χ4v) is 6.48. The number of halogens is 1. The summed E-state index contributed by atoms with van der Waals surface area (Å²) in [6.45, 7) is 2.82. The maximum Gasteiger partial charge on any atom is 0.266 e. The van der Waals surface area contributed by atoms with Crippen LogP contribution in [0.2, 0.25) is 5.02 Å². The van der Waals surface area contributed by atoms with E-state index in [-0.39, 0.29) is 23.3 Å². The predicted octanol–water partition coefficient (Wildman–Crippen LogP) is 6.07. The number of fused-ring (bicyclic) bond motifs is 1. The van der Waals surface area contributed by atoms with Crippen molar-refractivity contribution >= 4 is 40.2 Å². The third-order valence-corrected chi connectivity index (χ3v) is 8.56. The molecule has 4 aromatic carbocycles. The molecule has 41 heavy (non-hydrogen) atoms. The highest BCUT2D eigenvalue weighted by atomic mass is 35.5. The molecule has 0 saturated carbocycles. The van der Waals surface area contributed by atoms with E-state index in [0.29, 0.717) is 39.9 Å². The first-order valence-corrected chi connectivity index (χ1v) is 15.0. The summed E-state index contributed by atoms with van der Waals surface area (Å²) in [6, 6.07) is 35.6. The summed E-state index contributed by atoms with van der Waals surface area (Å²) in [4.78, 5) is 36.0. The second-order valence-electron chi connectivity index (χ2n) is 9.96. The first kappa shape index (κ1) is 27.3. The van der Waals surface area contributed by atoms with E-state index in [9.17, 15) is 9.59 Å². The normalized spacial score (nSPS) is 14.0. The van der Waals surface area contributed by atoms with E-state index in [0.717, 1.165) is 13.1 Å². The summed E-state index contributed by atoms with van der Waals surface area (Å²) in [6.07, 6.45) is 0. The molecule has 2 heterocycles. The van der Waals surface area contributed by atoms with Gasteiger partial charge in [0.2, 0.25) is 5.91 Å². The summed E-state index contributed by atoms with van der Waals surface area (Å²) < 4.78 is 1.55. The van der Waals surface area contributed by atoms with Crippen molar-refractivity contribution in [1.82, 2.24) is 19.4 Å². The number of rotatable bonds is 7. The Morgan fingerprint density at radius 3 is 2.10 bits per heavy atom. The van der Waals surface area contributed by atoms with Gasteiger partial charge in [0.15, 0.2) is 5.16 Å². The van der Waals surface area contributed by atoms with Crippen molar-refractivity contribution in [1.29, 1.82) is 0 Å². The van der Waals surface area contributed by atoms with E-state index < -0.39 is 0 Å². The first-order chi connectivity index (χ1) is 20.1. The van der Waals surface area contributed by atoms with Crippen molar-refractivity contribution in [2.45, 2.75) is 11.2 Å². The maximum atomic E-state index is 13.5. The first-order valence-electron chi connectivity index (χ1n) is 13.6. The van der Waals surface area contributed by atoms with E-state index in [4.69, 9.17) is 16.6 Å². The van der Waals surface area contributed by atoms with Crippen molar-refractivity contribution in [3.8, 4) is 5.69 Å². The fraction of sp³-hybridized carbons (Fsp3) is 0.182. The van der Waals surface area contributed by atoms with Gasteiger partial charge in [0.25, 0.3) is 5.56 Å². The molecular weight excluding hydrogens is 552 g/mol. The highest BCUT2D eigenvalue weighted by Gasteiger charge is 2.28. The molecule has 0 N–H and O–H groups in total. The number of hydrogen-bond acceptors (Lipinski definition) is 5. The lowest BCUT2D eigenvalue weighted by molar-refractivity contribution is -0.130. The van der Waals surface area contributed by atoms with Crippen molar-refractivity contribution in [3.05, 3.63) is 136 Å². The molecule has 6 nitrogen and oxygen atoms in total. The number of hydrogen-bond donors (Lipinski definition) is 0. The Morgan fingerprint density at radius 2 is 1.44 bits per heavy atom. The summed E-state index contributed by atoms with van der Waals surface area (Å²) in [5.74, 6) is 0.220. The number of thioether (sulfide) groups is 1. The summed E-state index contributed by atoms with van der Waals surface area (Å²) in [5, 5.41) is 1.51. The molecule has 1 aliphatic rings. The molecule has 206 valence electrons. The second-order valence-corrected chi connectivity index (χ2v) is 11.3.